The number of aryl methyl sites for hydroxylation is 1. The first-order valence-electron chi connectivity index (χ1n) is 7.99. The van der Waals surface area contributed by atoms with Gasteiger partial charge in [-0.15, -0.1) is 0 Å². The van der Waals surface area contributed by atoms with Crippen LogP contribution in [0.3, 0.4) is 0 Å². The van der Waals surface area contributed by atoms with Crippen molar-refractivity contribution >= 4 is 6.29 Å². The van der Waals surface area contributed by atoms with Crippen molar-refractivity contribution in [3.8, 4) is 5.75 Å². The van der Waals surface area contributed by atoms with E-state index in [2.05, 4.69) is 25.1 Å². The third kappa shape index (κ3) is 4.45. The summed E-state index contributed by atoms with van der Waals surface area (Å²) in [5.41, 5.74) is 3.42. The average Bonchev–Trinajstić information content (AvgIpc) is 2.58. The molecule has 0 aliphatic carbocycles. The van der Waals surface area contributed by atoms with E-state index < -0.39 is 0 Å². The summed E-state index contributed by atoms with van der Waals surface area (Å²) in [4.78, 5) is 11.0. The van der Waals surface area contributed by atoms with Crippen LogP contribution in [-0.4, -0.2) is 6.29 Å². The smallest absolute Gasteiger partial charge is 0.127 e. The molecule has 0 spiro atoms. The summed E-state index contributed by atoms with van der Waals surface area (Å²) >= 11 is 0. The molecule has 0 heterocycles. The largest absolute Gasteiger partial charge is 0.489 e. The highest BCUT2D eigenvalue weighted by atomic mass is 16.5. The molecule has 2 heteroatoms. The lowest BCUT2D eigenvalue weighted by Gasteiger charge is -2.14. The van der Waals surface area contributed by atoms with Crippen molar-refractivity contribution in [2.75, 3.05) is 0 Å². The fraction of sp³-hybridized carbons (Fsp3) is 0.350. The van der Waals surface area contributed by atoms with Crippen molar-refractivity contribution in [3.63, 3.8) is 0 Å². The van der Waals surface area contributed by atoms with E-state index in [0.29, 0.717) is 6.61 Å². The molecule has 0 aliphatic heterocycles. The number of benzene rings is 2. The predicted molar refractivity (Wildman–Crippen MR) is 90.3 cm³/mol. The Kier molecular flexibility index (Phi) is 6.20. The van der Waals surface area contributed by atoms with Gasteiger partial charge in [-0.2, -0.15) is 0 Å². The summed E-state index contributed by atoms with van der Waals surface area (Å²) < 4.78 is 6.00. The van der Waals surface area contributed by atoms with Gasteiger partial charge in [-0.3, -0.25) is 0 Å². The van der Waals surface area contributed by atoms with Crippen LogP contribution in [0.1, 0.15) is 49.3 Å². The summed E-state index contributed by atoms with van der Waals surface area (Å²) in [6.07, 6.45) is 4.25. The zero-order chi connectivity index (χ0) is 15.8. The summed E-state index contributed by atoms with van der Waals surface area (Å²) in [7, 11) is 0. The van der Waals surface area contributed by atoms with Crippen LogP contribution in [0.25, 0.3) is 0 Å². The van der Waals surface area contributed by atoms with Crippen LogP contribution in [0.15, 0.2) is 48.5 Å². The average molecular weight is 296 g/mol. The molecular weight excluding hydrogens is 272 g/mol. The second-order valence-electron chi connectivity index (χ2n) is 5.67. The summed E-state index contributed by atoms with van der Waals surface area (Å²) in [5, 5.41) is 0. The molecule has 0 N–H and O–H groups in total. The fourth-order valence-corrected chi connectivity index (χ4v) is 2.40. The molecule has 1 atom stereocenters. The van der Waals surface area contributed by atoms with Gasteiger partial charge >= 0.3 is 0 Å². The van der Waals surface area contributed by atoms with Crippen molar-refractivity contribution in [2.45, 2.75) is 45.6 Å². The van der Waals surface area contributed by atoms with Crippen LogP contribution in [0.5, 0.6) is 5.75 Å². The second kappa shape index (κ2) is 8.38. The van der Waals surface area contributed by atoms with E-state index in [1.54, 1.807) is 0 Å². The minimum atomic E-state index is -0.0662. The van der Waals surface area contributed by atoms with Gasteiger partial charge < -0.3 is 9.53 Å². The molecule has 2 rings (SSSR count). The Hall–Kier alpha value is -2.09. The van der Waals surface area contributed by atoms with Crippen molar-refractivity contribution < 1.29 is 9.53 Å². The molecule has 0 fully saturated rings. The number of unbranched alkanes of at least 4 members (excludes halogenated alkanes) is 1. The predicted octanol–water partition coefficient (Wildman–Crippen LogP) is 4.91. The third-order valence-corrected chi connectivity index (χ3v) is 3.85. The molecule has 0 bridgehead atoms. The maximum absolute atomic E-state index is 11.0. The number of carbonyl (C=O) groups excluding carboxylic acids is 1. The Morgan fingerprint density at radius 1 is 1.14 bits per heavy atom. The Balaban J connectivity index is 2.15. The first-order valence-corrected chi connectivity index (χ1v) is 7.99. The highest BCUT2D eigenvalue weighted by Crippen LogP contribution is 2.26. The van der Waals surface area contributed by atoms with Crippen LogP contribution in [-0.2, 0) is 17.8 Å². The molecule has 22 heavy (non-hydrogen) atoms. The van der Waals surface area contributed by atoms with E-state index in [0.717, 1.165) is 42.4 Å². The van der Waals surface area contributed by atoms with E-state index in [4.69, 9.17) is 4.74 Å². The van der Waals surface area contributed by atoms with Crippen LogP contribution in [0.2, 0.25) is 0 Å². The molecular formula is C20H24O2. The van der Waals surface area contributed by atoms with E-state index in [-0.39, 0.29) is 5.92 Å². The van der Waals surface area contributed by atoms with Gasteiger partial charge in [0.05, 0.1) is 0 Å². The lowest BCUT2D eigenvalue weighted by atomic mass is 9.97. The summed E-state index contributed by atoms with van der Waals surface area (Å²) in [6.45, 7) is 4.68. The standard InChI is InChI=1S/C20H24O2/c1-3-4-10-19-13-18(16(2)14-21)11-12-20(19)22-15-17-8-6-5-7-9-17/h5-9,11-14,16H,3-4,10,15H2,1-2H3. The SMILES string of the molecule is CCCCc1cc(C(C)C=O)ccc1OCc1ccccc1. The molecule has 0 amide bonds. The number of hydrogen-bond donors (Lipinski definition) is 0. The maximum Gasteiger partial charge on any atom is 0.127 e. The number of aldehydes is 1. The van der Waals surface area contributed by atoms with E-state index >= 15 is 0 Å². The van der Waals surface area contributed by atoms with Gasteiger partial charge in [-0.05, 0) is 35.6 Å². The molecule has 1 unspecified atom stereocenters. The Labute approximate surface area is 133 Å². The molecule has 116 valence electrons. The zero-order valence-electron chi connectivity index (χ0n) is 13.4. The normalized spacial score (nSPS) is 11.9. The molecule has 0 saturated carbocycles. The number of carbonyl (C=O) groups is 1. The van der Waals surface area contributed by atoms with Crippen molar-refractivity contribution in [3.05, 3.63) is 65.2 Å². The van der Waals surface area contributed by atoms with Crippen LogP contribution < -0.4 is 4.74 Å². The first kappa shape index (κ1) is 16.3. The molecule has 2 aromatic carbocycles. The van der Waals surface area contributed by atoms with E-state index in [1.807, 2.05) is 37.3 Å². The molecule has 0 saturated heterocycles. The highest BCUT2D eigenvalue weighted by Gasteiger charge is 2.09. The van der Waals surface area contributed by atoms with Gasteiger partial charge in [0.25, 0.3) is 0 Å². The zero-order valence-corrected chi connectivity index (χ0v) is 13.4. The van der Waals surface area contributed by atoms with Crippen LogP contribution >= 0.6 is 0 Å². The molecule has 2 nitrogen and oxygen atoms in total. The van der Waals surface area contributed by atoms with Gasteiger partial charge in [0, 0.05) is 5.92 Å². The maximum atomic E-state index is 11.0. The minimum absolute atomic E-state index is 0.0662. The monoisotopic (exact) mass is 296 g/mol. The van der Waals surface area contributed by atoms with E-state index in [1.165, 1.54) is 5.56 Å². The van der Waals surface area contributed by atoms with Crippen molar-refractivity contribution in [1.29, 1.82) is 0 Å². The molecule has 0 radical (unpaired) electrons. The Morgan fingerprint density at radius 3 is 2.59 bits per heavy atom. The van der Waals surface area contributed by atoms with Crippen LogP contribution in [0.4, 0.5) is 0 Å². The van der Waals surface area contributed by atoms with E-state index in [9.17, 15) is 4.79 Å². The lowest BCUT2D eigenvalue weighted by molar-refractivity contribution is -0.108. The van der Waals surface area contributed by atoms with Crippen molar-refractivity contribution in [1.82, 2.24) is 0 Å². The van der Waals surface area contributed by atoms with Gasteiger partial charge in [0.1, 0.15) is 18.6 Å². The van der Waals surface area contributed by atoms with Gasteiger partial charge in [-0.25, -0.2) is 0 Å². The number of hydrogen-bond acceptors (Lipinski definition) is 2. The quantitative estimate of drug-likeness (QED) is 0.647. The van der Waals surface area contributed by atoms with Crippen LogP contribution in [0, 0.1) is 0 Å². The highest BCUT2D eigenvalue weighted by molar-refractivity contribution is 5.62. The fourth-order valence-electron chi connectivity index (χ4n) is 2.40. The molecule has 0 aromatic heterocycles. The van der Waals surface area contributed by atoms with Gasteiger partial charge in [-0.1, -0.05) is 62.7 Å². The van der Waals surface area contributed by atoms with Gasteiger partial charge in [0.15, 0.2) is 0 Å². The molecule has 2 aromatic rings. The Bertz CT molecular complexity index is 590. The number of rotatable bonds is 8. The second-order valence-corrected chi connectivity index (χ2v) is 5.67. The summed E-state index contributed by atoms with van der Waals surface area (Å²) in [6, 6.07) is 16.3. The van der Waals surface area contributed by atoms with Gasteiger partial charge in [0.2, 0.25) is 0 Å². The Morgan fingerprint density at radius 2 is 1.91 bits per heavy atom. The third-order valence-electron chi connectivity index (χ3n) is 3.85. The minimum Gasteiger partial charge on any atom is -0.489 e. The first-order chi connectivity index (χ1) is 10.7. The molecule has 0 aliphatic rings. The number of ether oxygens (including phenoxy) is 1. The topological polar surface area (TPSA) is 26.3 Å². The van der Waals surface area contributed by atoms with Crippen molar-refractivity contribution in [2.24, 2.45) is 0 Å². The summed E-state index contributed by atoms with van der Waals surface area (Å²) in [5.74, 6) is 0.864. The lowest BCUT2D eigenvalue weighted by Crippen LogP contribution is -2.02.